The number of ether oxygens (including phenoxy) is 1. The van der Waals surface area contributed by atoms with E-state index in [0.29, 0.717) is 11.4 Å². The van der Waals surface area contributed by atoms with Crippen molar-refractivity contribution in [3.63, 3.8) is 0 Å². The number of hydrogen-bond acceptors (Lipinski definition) is 3. The van der Waals surface area contributed by atoms with E-state index < -0.39 is 0 Å². The number of carbonyl (C=O) groups excluding carboxylic acids is 1. The van der Waals surface area contributed by atoms with E-state index in [9.17, 15) is 4.79 Å². The molecule has 0 atom stereocenters. The predicted molar refractivity (Wildman–Crippen MR) is 105 cm³/mol. The summed E-state index contributed by atoms with van der Waals surface area (Å²) in [7, 11) is 1.60. The average molecular weight is 374 g/mol. The molecule has 2 amide bonds. The Kier molecular flexibility index (Phi) is 6.36. The summed E-state index contributed by atoms with van der Waals surface area (Å²) in [6, 6.07) is 15.4. The van der Waals surface area contributed by atoms with Gasteiger partial charge in [0.05, 0.1) is 12.8 Å². The number of nitrogens with zero attached hydrogens (tertiary/aromatic N) is 2. The van der Waals surface area contributed by atoms with E-state index in [2.05, 4.69) is 22.3 Å². The fourth-order valence-corrected chi connectivity index (χ4v) is 3.18. The number of hydrogen-bond donors (Lipinski definition) is 1. The Morgan fingerprint density at radius 2 is 1.77 bits per heavy atom. The minimum absolute atomic E-state index is 0.0770. The predicted octanol–water partition coefficient (Wildman–Crippen LogP) is 3.74. The molecule has 1 aliphatic rings. The molecule has 1 fully saturated rings. The molecule has 0 radical (unpaired) electrons. The Bertz CT molecular complexity index is 728. The molecule has 0 bridgehead atoms. The SMILES string of the molecule is COc1ccccc1NC(=O)N1CCN(CCc2ccc(Cl)cc2)CC1. The summed E-state index contributed by atoms with van der Waals surface area (Å²) in [4.78, 5) is 16.7. The highest BCUT2D eigenvalue weighted by Crippen LogP contribution is 2.23. The molecule has 0 aromatic heterocycles. The summed E-state index contributed by atoms with van der Waals surface area (Å²) in [5.41, 5.74) is 1.98. The number of benzene rings is 2. The maximum absolute atomic E-state index is 12.5. The number of rotatable bonds is 5. The van der Waals surface area contributed by atoms with Crippen LogP contribution in [0.25, 0.3) is 0 Å². The number of nitrogens with one attached hydrogen (secondary N) is 1. The minimum atomic E-state index is -0.0770. The molecule has 1 aliphatic heterocycles. The van der Waals surface area contributed by atoms with Crippen molar-refractivity contribution in [3.8, 4) is 5.75 Å². The molecule has 0 saturated carbocycles. The standard InChI is InChI=1S/C20H24ClN3O2/c1-26-19-5-3-2-4-18(19)22-20(25)24-14-12-23(13-15-24)11-10-16-6-8-17(21)9-7-16/h2-9H,10-15H2,1H3,(H,22,25). The molecular formula is C20H24ClN3O2. The van der Waals surface area contributed by atoms with Crippen molar-refractivity contribution in [1.82, 2.24) is 9.80 Å². The van der Waals surface area contributed by atoms with Crippen LogP contribution in [0.3, 0.4) is 0 Å². The van der Waals surface area contributed by atoms with E-state index in [4.69, 9.17) is 16.3 Å². The van der Waals surface area contributed by atoms with E-state index in [1.54, 1.807) is 7.11 Å². The topological polar surface area (TPSA) is 44.8 Å². The van der Waals surface area contributed by atoms with Gasteiger partial charge in [-0.2, -0.15) is 0 Å². The van der Waals surface area contributed by atoms with Crippen LogP contribution in [-0.4, -0.2) is 55.7 Å². The summed E-state index contributed by atoms with van der Waals surface area (Å²) in [6.45, 7) is 4.20. The number of amides is 2. The highest BCUT2D eigenvalue weighted by Gasteiger charge is 2.21. The van der Waals surface area contributed by atoms with Crippen molar-refractivity contribution in [1.29, 1.82) is 0 Å². The number of carbonyl (C=O) groups is 1. The van der Waals surface area contributed by atoms with E-state index in [1.807, 2.05) is 41.3 Å². The van der Waals surface area contributed by atoms with Gasteiger partial charge >= 0.3 is 6.03 Å². The van der Waals surface area contributed by atoms with Crippen molar-refractivity contribution >= 4 is 23.3 Å². The molecule has 3 rings (SSSR count). The lowest BCUT2D eigenvalue weighted by molar-refractivity contribution is 0.148. The third kappa shape index (κ3) is 4.90. The third-order valence-corrected chi connectivity index (χ3v) is 4.89. The van der Waals surface area contributed by atoms with Crippen molar-refractivity contribution in [3.05, 3.63) is 59.1 Å². The average Bonchev–Trinajstić information content (AvgIpc) is 2.68. The van der Waals surface area contributed by atoms with Gasteiger partial charge in [0, 0.05) is 37.7 Å². The van der Waals surface area contributed by atoms with Gasteiger partial charge in [-0.05, 0) is 36.2 Å². The summed E-state index contributed by atoms with van der Waals surface area (Å²) >= 11 is 5.92. The maximum atomic E-state index is 12.5. The first-order valence-electron chi connectivity index (χ1n) is 8.81. The molecule has 1 N–H and O–H groups in total. The Morgan fingerprint density at radius 3 is 2.46 bits per heavy atom. The zero-order chi connectivity index (χ0) is 18.4. The Morgan fingerprint density at radius 1 is 1.08 bits per heavy atom. The third-order valence-electron chi connectivity index (χ3n) is 4.64. The van der Waals surface area contributed by atoms with Gasteiger partial charge in [-0.15, -0.1) is 0 Å². The van der Waals surface area contributed by atoms with Crippen molar-refractivity contribution in [2.45, 2.75) is 6.42 Å². The zero-order valence-corrected chi connectivity index (χ0v) is 15.7. The van der Waals surface area contributed by atoms with Crippen LogP contribution < -0.4 is 10.1 Å². The van der Waals surface area contributed by atoms with Crippen LogP contribution in [0, 0.1) is 0 Å². The second-order valence-corrected chi connectivity index (χ2v) is 6.77. The first-order valence-corrected chi connectivity index (χ1v) is 9.19. The second kappa shape index (κ2) is 8.92. The van der Waals surface area contributed by atoms with Crippen molar-refractivity contribution in [2.75, 3.05) is 45.2 Å². The molecule has 0 unspecified atom stereocenters. The molecule has 26 heavy (non-hydrogen) atoms. The minimum Gasteiger partial charge on any atom is -0.495 e. The smallest absolute Gasteiger partial charge is 0.322 e. The van der Waals surface area contributed by atoms with E-state index in [1.165, 1.54) is 5.56 Å². The molecular weight excluding hydrogens is 350 g/mol. The van der Waals surface area contributed by atoms with Gasteiger partial charge in [0.2, 0.25) is 0 Å². The lowest BCUT2D eigenvalue weighted by Crippen LogP contribution is -2.50. The number of methoxy groups -OCH3 is 1. The molecule has 138 valence electrons. The van der Waals surface area contributed by atoms with Gasteiger partial charge in [0.25, 0.3) is 0 Å². The Balaban J connectivity index is 1.45. The molecule has 1 heterocycles. The Labute approximate surface area is 159 Å². The molecule has 5 nitrogen and oxygen atoms in total. The summed E-state index contributed by atoms with van der Waals surface area (Å²) in [5.74, 6) is 0.669. The fraction of sp³-hybridized carbons (Fsp3) is 0.350. The molecule has 6 heteroatoms. The van der Waals surface area contributed by atoms with Crippen LogP contribution in [0.1, 0.15) is 5.56 Å². The first kappa shape index (κ1) is 18.5. The number of urea groups is 1. The van der Waals surface area contributed by atoms with E-state index in [-0.39, 0.29) is 6.03 Å². The largest absolute Gasteiger partial charge is 0.495 e. The Hall–Kier alpha value is -2.24. The summed E-state index contributed by atoms with van der Waals surface area (Å²) in [6.07, 6.45) is 0.991. The summed E-state index contributed by atoms with van der Waals surface area (Å²) < 4.78 is 5.28. The highest BCUT2D eigenvalue weighted by molar-refractivity contribution is 6.30. The van der Waals surface area contributed by atoms with Crippen LogP contribution in [-0.2, 0) is 6.42 Å². The van der Waals surface area contributed by atoms with Crippen molar-refractivity contribution < 1.29 is 9.53 Å². The van der Waals surface area contributed by atoms with Crippen LogP contribution in [0.15, 0.2) is 48.5 Å². The molecule has 2 aromatic carbocycles. The lowest BCUT2D eigenvalue weighted by atomic mass is 10.1. The zero-order valence-electron chi connectivity index (χ0n) is 15.0. The number of para-hydroxylation sites is 2. The molecule has 0 aliphatic carbocycles. The van der Waals surface area contributed by atoms with Gasteiger partial charge in [-0.1, -0.05) is 35.9 Å². The van der Waals surface area contributed by atoms with Crippen LogP contribution in [0.5, 0.6) is 5.75 Å². The molecule has 0 spiro atoms. The molecule has 2 aromatic rings. The second-order valence-electron chi connectivity index (χ2n) is 6.34. The van der Waals surface area contributed by atoms with Crippen molar-refractivity contribution in [2.24, 2.45) is 0 Å². The van der Waals surface area contributed by atoms with Gasteiger partial charge in [0.1, 0.15) is 5.75 Å². The van der Waals surface area contributed by atoms with Gasteiger partial charge < -0.3 is 15.0 Å². The van der Waals surface area contributed by atoms with Crippen LogP contribution >= 0.6 is 11.6 Å². The monoisotopic (exact) mass is 373 g/mol. The maximum Gasteiger partial charge on any atom is 0.322 e. The van der Waals surface area contributed by atoms with Gasteiger partial charge in [0.15, 0.2) is 0 Å². The normalized spacial score (nSPS) is 14.9. The number of halogens is 1. The van der Waals surface area contributed by atoms with E-state index in [0.717, 1.165) is 44.2 Å². The quantitative estimate of drug-likeness (QED) is 0.868. The lowest BCUT2D eigenvalue weighted by Gasteiger charge is -2.34. The number of piperazine rings is 1. The summed E-state index contributed by atoms with van der Waals surface area (Å²) in [5, 5.41) is 3.71. The first-order chi connectivity index (χ1) is 12.7. The van der Waals surface area contributed by atoms with Gasteiger partial charge in [-0.25, -0.2) is 4.79 Å². The van der Waals surface area contributed by atoms with Crippen LogP contribution in [0.2, 0.25) is 5.02 Å². The van der Waals surface area contributed by atoms with E-state index >= 15 is 0 Å². The highest BCUT2D eigenvalue weighted by atomic mass is 35.5. The molecule has 1 saturated heterocycles. The van der Waals surface area contributed by atoms with Gasteiger partial charge in [-0.3, -0.25) is 4.90 Å². The number of anilines is 1. The fourth-order valence-electron chi connectivity index (χ4n) is 3.06. The van der Waals surface area contributed by atoms with Crippen LogP contribution in [0.4, 0.5) is 10.5 Å².